The number of nitrogens with zero attached hydrogens (tertiary/aromatic N) is 1. The molecule has 2 rings (SSSR count). The highest BCUT2D eigenvalue weighted by atomic mass is 19.1. The van der Waals surface area contributed by atoms with Gasteiger partial charge in [-0.15, -0.1) is 0 Å². The van der Waals surface area contributed by atoms with Crippen molar-refractivity contribution in [1.29, 1.82) is 5.26 Å². The first kappa shape index (κ1) is 11.8. The maximum absolute atomic E-state index is 12.9. The van der Waals surface area contributed by atoms with E-state index in [1.54, 1.807) is 6.07 Å². The van der Waals surface area contributed by atoms with Crippen LogP contribution in [-0.2, 0) is 9.47 Å². The standard InChI is InChI=1S/C12H13FN2O2/c13-10-1-2-12(9(5-10)6-14)15-7-11-3-4-16-8-17-11/h1-2,5,11,15H,3-4,7-8H2. The fraction of sp³-hybridized carbons (Fsp3) is 0.417. The lowest BCUT2D eigenvalue weighted by molar-refractivity contribution is -0.133. The van der Waals surface area contributed by atoms with E-state index in [1.165, 1.54) is 12.1 Å². The molecular weight excluding hydrogens is 223 g/mol. The normalized spacial score (nSPS) is 19.6. The highest BCUT2D eigenvalue weighted by Gasteiger charge is 2.14. The molecule has 1 unspecified atom stereocenters. The fourth-order valence-electron chi connectivity index (χ4n) is 1.65. The van der Waals surface area contributed by atoms with Gasteiger partial charge in [0, 0.05) is 6.54 Å². The Bertz CT molecular complexity index is 425. The zero-order valence-electron chi connectivity index (χ0n) is 9.28. The maximum atomic E-state index is 12.9. The lowest BCUT2D eigenvalue weighted by Gasteiger charge is -2.23. The van der Waals surface area contributed by atoms with Crippen molar-refractivity contribution in [2.75, 3.05) is 25.3 Å². The van der Waals surface area contributed by atoms with Gasteiger partial charge < -0.3 is 14.8 Å². The van der Waals surface area contributed by atoms with E-state index >= 15 is 0 Å². The summed E-state index contributed by atoms with van der Waals surface area (Å²) < 4.78 is 23.3. The second-order valence-electron chi connectivity index (χ2n) is 3.79. The SMILES string of the molecule is N#Cc1cc(F)ccc1NCC1CCOCO1. The van der Waals surface area contributed by atoms with Crippen molar-refractivity contribution in [2.24, 2.45) is 0 Å². The first-order valence-corrected chi connectivity index (χ1v) is 5.42. The molecule has 90 valence electrons. The molecule has 17 heavy (non-hydrogen) atoms. The van der Waals surface area contributed by atoms with Crippen molar-refractivity contribution in [3.63, 3.8) is 0 Å². The van der Waals surface area contributed by atoms with Crippen molar-refractivity contribution >= 4 is 5.69 Å². The van der Waals surface area contributed by atoms with Gasteiger partial charge in [0.2, 0.25) is 0 Å². The Labute approximate surface area is 99.0 Å². The predicted molar refractivity (Wildman–Crippen MR) is 59.9 cm³/mol. The zero-order chi connectivity index (χ0) is 12.1. The van der Waals surface area contributed by atoms with Gasteiger partial charge in [0.15, 0.2) is 0 Å². The molecule has 5 heteroatoms. The van der Waals surface area contributed by atoms with E-state index in [4.69, 9.17) is 14.7 Å². The van der Waals surface area contributed by atoms with Crippen LogP contribution in [0.5, 0.6) is 0 Å². The number of nitriles is 1. The molecular formula is C12H13FN2O2. The molecule has 4 nitrogen and oxygen atoms in total. The molecule has 0 saturated carbocycles. The molecule has 0 aliphatic carbocycles. The molecule has 0 aromatic heterocycles. The summed E-state index contributed by atoms with van der Waals surface area (Å²) >= 11 is 0. The van der Waals surface area contributed by atoms with Crippen molar-refractivity contribution in [2.45, 2.75) is 12.5 Å². The van der Waals surface area contributed by atoms with Crippen LogP contribution in [-0.4, -0.2) is 26.0 Å². The molecule has 1 aliphatic heterocycles. The van der Waals surface area contributed by atoms with Gasteiger partial charge in [0.05, 0.1) is 24.0 Å². The van der Waals surface area contributed by atoms with Crippen LogP contribution in [0.3, 0.4) is 0 Å². The van der Waals surface area contributed by atoms with Crippen LogP contribution in [0.15, 0.2) is 18.2 Å². The molecule has 1 heterocycles. The Balaban J connectivity index is 1.96. The van der Waals surface area contributed by atoms with E-state index in [9.17, 15) is 4.39 Å². The molecule has 0 radical (unpaired) electrons. The molecule has 1 atom stereocenters. The highest BCUT2D eigenvalue weighted by Crippen LogP contribution is 2.17. The number of halogens is 1. The first-order chi connectivity index (χ1) is 8.29. The number of ether oxygens (including phenoxy) is 2. The van der Waals surface area contributed by atoms with Crippen molar-refractivity contribution in [1.82, 2.24) is 0 Å². The minimum Gasteiger partial charge on any atom is -0.381 e. The van der Waals surface area contributed by atoms with E-state index in [1.807, 2.05) is 6.07 Å². The van der Waals surface area contributed by atoms with Crippen LogP contribution < -0.4 is 5.32 Å². The molecule has 1 aromatic rings. The molecule has 1 N–H and O–H groups in total. The van der Waals surface area contributed by atoms with Crippen LogP contribution in [0.4, 0.5) is 10.1 Å². The van der Waals surface area contributed by atoms with Crippen LogP contribution >= 0.6 is 0 Å². The van der Waals surface area contributed by atoms with E-state index in [0.717, 1.165) is 6.42 Å². The van der Waals surface area contributed by atoms with Gasteiger partial charge in [-0.1, -0.05) is 0 Å². The summed E-state index contributed by atoms with van der Waals surface area (Å²) in [6, 6.07) is 6.06. The smallest absolute Gasteiger partial charge is 0.147 e. The topological polar surface area (TPSA) is 54.3 Å². The average molecular weight is 236 g/mol. The van der Waals surface area contributed by atoms with Gasteiger partial charge in [-0.25, -0.2) is 4.39 Å². The van der Waals surface area contributed by atoms with Crippen molar-refractivity contribution in [3.05, 3.63) is 29.6 Å². The van der Waals surface area contributed by atoms with Crippen LogP contribution in [0, 0.1) is 17.1 Å². The van der Waals surface area contributed by atoms with Gasteiger partial charge in [-0.05, 0) is 24.6 Å². The largest absolute Gasteiger partial charge is 0.381 e. The second-order valence-corrected chi connectivity index (χ2v) is 3.79. The highest BCUT2D eigenvalue weighted by molar-refractivity contribution is 5.57. The summed E-state index contributed by atoms with van der Waals surface area (Å²) in [6.45, 7) is 1.57. The minimum absolute atomic E-state index is 0.0698. The number of anilines is 1. The number of hydrogen-bond donors (Lipinski definition) is 1. The van der Waals surface area contributed by atoms with E-state index in [0.29, 0.717) is 31.2 Å². The Morgan fingerprint density at radius 2 is 2.41 bits per heavy atom. The summed E-state index contributed by atoms with van der Waals surface area (Å²) in [5.74, 6) is -0.408. The average Bonchev–Trinajstić information content (AvgIpc) is 2.38. The molecule has 0 bridgehead atoms. The lowest BCUT2D eigenvalue weighted by Crippen LogP contribution is -2.30. The summed E-state index contributed by atoms with van der Waals surface area (Å²) in [7, 11) is 0. The van der Waals surface area contributed by atoms with Crippen LogP contribution in [0.25, 0.3) is 0 Å². The van der Waals surface area contributed by atoms with E-state index in [2.05, 4.69) is 5.32 Å². The number of benzene rings is 1. The lowest BCUT2D eigenvalue weighted by atomic mass is 10.1. The number of hydrogen-bond acceptors (Lipinski definition) is 4. The van der Waals surface area contributed by atoms with Crippen molar-refractivity contribution in [3.8, 4) is 6.07 Å². The Kier molecular flexibility index (Phi) is 3.91. The summed E-state index contributed by atoms with van der Waals surface area (Å²) in [5.41, 5.74) is 0.932. The first-order valence-electron chi connectivity index (χ1n) is 5.42. The summed E-state index contributed by atoms with van der Waals surface area (Å²) in [5, 5.41) is 12.0. The minimum atomic E-state index is -0.408. The van der Waals surface area contributed by atoms with Gasteiger partial charge >= 0.3 is 0 Å². The molecule has 0 spiro atoms. The van der Waals surface area contributed by atoms with Gasteiger partial charge in [0.25, 0.3) is 0 Å². The number of rotatable bonds is 3. The van der Waals surface area contributed by atoms with Gasteiger partial charge in [0.1, 0.15) is 18.7 Å². The second kappa shape index (κ2) is 5.62. The molecule has 0 amide bonds. The van der Waals surface area contributed by atoms with E-state index in [-0.39, 0.29) is 6.10 Å². The van der Waals surface area contributed by atoms with Gasteiger partial charge in [-0.3, -0.25) is 0 Å². The third kappa shape index (κ3) is 3.16. The Morgan fingerprint density at radius 1 is 1.53 bits per heavy atom. The van der Waals surface area contributed by atoms with Crippen LogP contribution in [0.1, 0.15) is 12.0 Å². The number of nitrogens with one attached hydrogen (secondary N) is 1. The molecule has 1 aliphatic rings. The Hall–Kier alpha value is -1.64. The molecule has 1 fully saturated rings. The zero-order valence-corrected chi connectivity index (χ0v) is 9.28. The van der Waals surface area contributed by atoms with E-state index < -0.39 is 5.82 Å². The predicted octanol–water partition coefficient (Wildman–Crippen LogP) is 1.87. The van der Waals surface area contributed by atoms with Crippen molar-refractivity contribution < 1.29 is 13.9 Å². The van der Waals surface area contributed by atoms with Crippen LogP contribution in [0.2, 0.25) is 0 Å². The third-order valence-corrected chi connectivity index (χ3v) is 2.59. The maximum Gasteiger partial charge on any atom is 0.147 e. The monoisotopic (exact) mass is 236 g/mol. The third-order valence-electron chi connectivity index (χ3n) is 2.59. The fourth-order valence-corrected chi connectivity index (χ4v) is 1.65. The summed E-state index contributed by atoms with van der Waals surface area (Å²) in [4.78, 5) is 0. The Morgan fingerprint density at radius 3 is 3.12 bits per heavy atom. The molecule has 1 aromatic carbocycles. The summed E-state index contributed by atoms with van der Waals surface area (Å²) in [6.07, 6.45) is 0.885. The molecule has 1 saturated heterocycles. The quantitative estimate of drug-likeness (QED) is 0.870. The van der Waals surface area contributed by atoms with Gasteiger partial charge in [-0.2, -0.15) is 5.26 Å².